The molecule has 1 atom stereocenters. The van der Waals surface area contributed by atoms with E-state index < -0.39 is 39.8 Å². The van der Waals surface area contributed by atoms with Gasteiger partial charge in [0.2, 0.25) is 5.88 Å². The number of fused-ring (bicyclic) bond motifs is 1. The number of halogens is 3. The number of nitrogens with one attached hydrogen (secondary N) is 2. The average molecular weight is 519 g/mol. The Hall–Kier alpha value is -2.87. The molecule has 2 aromatic heterocycles. The highest BCUT2D eigenvalue weighted by molar-refractivity contribution is 7.90. The lowest BCUT2D eigenvalue weighted by Gasteiger charge is -2.29. The van der Waals surface area contributed by atoms with Crippen LogP contribution in [0.15, 0.2) is 17.2 Å². The van der Waals surface area contributed by atoms with Crippen LogP contribution in [-0.2, 0) is 22.7 Å². The Morgan fingerprint density at radius 1 is 1.23 bits per heavy atom. The number of aromatic nitrogens is 3. The van der Waals surface area contributed by atoms with Crippen LogP contribution in [0.4, 0.5) is 23.7 Å². The Labute approximate surface area is 201 Å². The van der Waals surface area contributed by atoms with E-state index in [9.17, 15) is 26.4 Å². The summed E-state index contributed by atoms with van der Waals surface area (Å²) in [6.07, 6.45) is -3.59. The minimum atomic E-state index is -4.68. The number of hydrogen-bond acceptors (Lipinski definition) is 7. The van der Waals surface area contributed by atoms with Crippen LogP contribution in [0, 0.1) is 0 Å². The molecule has 1 unspecified atom stereocenters. The van der Waals surface area contributed by atoms with Crippen LogP contribution in [0.25, 0.3) is 0 Å². The van der Waals surface area contributed by atoms with Gasteiger partial charge >= 0.3 is 12.2 Å². The first kappa shape index (κ1) is 26.7. The number of anilines is 1. The smallest absolute Gasteiger partial charge is 0.433 e. The third-order valence-corrected chi connectivity index (χ3v) is 6.89. The highest BCUT2D eigenvalue weighted by Crippen LogP contribution is 2.37. The number of sulfonamides is 1. The zero-order valence-corrected chi connectivity index (χ0v) is 21.1. The molecular weight excluding hydrogens is 489 g/mol. The summed E-state index contributed by atoms with van der Waals surface area (Å²) < 4.78 is 74.9. The van der Waals surface area contributed by atoms with Gasteiger partial charge in [0.25, 0.3) is 10.0 Å². The molecule has 0 saturated heterocycles. The lowest BCUT2D eigenvalue weighted by Crippen LogP contribution is -2.41. The summed E-state index contributed by atoms with van der Waals surface area (Å²) >= 11 is 0. The summed E-state index contributed by atoms with van der Waals surface area (Å²) in [4.78, 5) is 18.1. The van der Waals surface area contributed by atoms with E-state index in [0.29, 0.717) is 6.54 Å². The zero-order chi connectivity index (χ0) is 26.3. The van der Waals surface area contributed by atoms with Crippen molar-refractivity contribution in [3.63, 3.8) is 0 Å². The highest BCUT2D eigenvalue weighted by Gasteiger charge is 2.36. The van der Waals surface area contributed by atoms with E-state index in [2.05, 4.69) is 15.4 Å². The van der Waals surface area contributed by atoms with E-state index in [4.69, 9.17) is 4.74 Å². The van der Waals surface area contributed by atoms with Crippen molar-refractivity contribution in [3.05, 3.63) is 29.2 Å². The van der Waals surface area contributed by atoms with Crippen LogP contribution >= 0.6 is 0 Å². The van der Waals surface area contributed by atoms with Gasteiger partial charge in [0, 0.05) is 0 Å². The Morgan fingerprint density at radius 3 is 2.43 bits per heavy atom. The van der Waals surface area contributed by atoms with E-state index in [0.717, 1.165) is 12.3 Å². The van der Waals surface area contributed by atoms with E-state index >= 15 is 0 Å². The topological polar surface area (TPSA) is 118 Å². The zero-order valence-electron chi connectivity index (χ0n) is 20.3. The molecule has 0 fully saturated rings. The fourth-order valence-corrected chi connectivity index (χ4v) is 4.60. The molecule has 0 radical (unpaired) electrons. The Bertz CT molecular complexity index is 1180. The molecule has 10 nitrogen and oxygen atoms in total. The van der Waals surface area contributed by atoms with Gasteiger partial charge in [0.05, 0.1) is 30.2 Å². The number of hydrogen-bond donors (Lipinski definition) is 2. The molecule has 14 heteroatoms. The average Bonchev–Trinajstić information content (AvgIpc) is 3.16. The van der Waals surface area contributed by atoms with E-state index in [1.807, 2.05) is 23.7 Å². The third-order valence-electron chi connectivity index (χ3n) is 5.58. The lowest BCUT2D eigenvalue weighted by molar-refractivity contribution is -0.141. The number of urea groups is 1. The van der Waals surface area contributed by atoms with Gasteiger partial charge in [-0.3, -0.25) is 0 Å². The quantitative estimate of drug-likeness (QED) is 0.602. The van der Waals surface area contributed by atoms with Crippen molar-refractivity contribution in [1.82, 2.24) is 24.4 Å². The van der Waals surface area contributed by atoms with Gasteiger partial charge in [0.15, 0.2) is 4.90 Å². The number of carbonyl (C=O) groups is 1. The summed E-state index contributed by atoms with van der Waals surface area (Å²) in [5.41, 5.74) is -0.859. The molecule has 2 N–H and O–H groups in total. The lowest BCUT2D eigenvalue weighted by atomic mass is 9.96. The number of rotatable bonds is 6. The molecule has 0 spiro atoms. The van der Waals surface area contributed by atoms with Crippen LogP contribution < -0.4 is 14.8 Å². The number of pyridine rings is 1. The summed E-state index contributed by atoms with van der Waals surface area (Å²) in [6, 6.07) is -0.286. The summed E-state index contributed by atoms with van der Waals surface area (Å²) in [6.45, 7) is 7.22. The SMILES string of the molecule is CC(C)c1cc(C(F)(F)F)nc(C(C)C)c1NC(=O)NS(=O)(=O)c1cnn2c1OCC(N(C)C)C2. The molecule has 2 amide bonds. The second kappa shape index (κ2) is 9.64. The van der Waals surface area contributed by atoms with Crippen molar-refractivity contribution >= 4 is 21.7 Å². The first-order chi connectivity index (χ1) is 16.1. The maximum absolute atomic E-state index is 13.4. The minimum Gasteiger partial charge on any atom is -0.475 e. The van der Waals surface area contributed by atoms with E-state index in [1.165, 1.54) is 4.68 Å². The largest absolute Gasteiger partial charge is 0.475 e. The monoisotopic (exact) mass is 518 g/mol. The van der Waals surface area contributed by atoms with Gasteiger partial charge in [-0.1, -0.05) is 27.7 Å². The number of carbonyl (C=O) groups excluding carboxylic acids is 1. The van der Waals surface area contributed by atoms with Crippen molar-refractivity contribution < 1.29 is 31.1 Å². The van der Waals surface area contributed by atoms with Gasteiger partial charge in [0.1, 0.15) is 12.3 Å². The van der Waals surface area contributed by atoms with Crippen molar-refractivity contribution in [3.8, 4) is 5.88 Å². The first-order valence-electron chi connectivity index (χ1n) is 10.9. The molecule has 35 heavy (non-hydrogen) atoms. The predicted molar refractivity (Wildman–Crippen MR) is 122 cm³/mol. The molecule has 1 aliphatic rings. The predicted octanol–water partition coefficient (Wildman–Crippen LogP) is 3.38. The fourth-order valence-electron chi connectivity index (χ4n) is 3.61. The summed E-state index contributed by atoms with van der Waals surface area (Å²) in [7, 11) is -0.677. The molecule has 2 aromatic rings. The Balaban J connectivity index is 1.90. The van der Waals surface area contributed by atoms with Gasteiger partial charge < -0.3 is 15.0 Å². The van der Waals surface area contributed by atoms with E-state index in [-0.39, 0.29) is 40.4 Å². The van der Waals surface area contributed by atoms with Crippen LogP contribution in [0.2, 0.25) is 0 Å². The standard InChI is InChI=1S/C21H29F3N6O4S/c1-11(2)14-7-16(21(22,23)24)26-17(12(3)4)18(14)27-20(31)28-35(32,33)15-8-25-30-9-13(29(5)6)10-34-19(15)30/h7-8,11-13H,9-10H2,1-6H3,(H2,27,28,31). The number of alkyl halides is 3. The second-order valence-corrected chi connectivity index (χ2v) is 10.8. The molecule has 3 heterocycles. The second-order valence-electron chi connectivity index (χ2n) is 9.15. The molecule has 194 valence electrons. The van der Waals surface area contributed by atoms with Gasteiger partial charge in [-0.25, -0.2) is 27.6 Å². The van der Waals surface area contributed by atoms with Crippen LogP contribution in [0.1, 0.15) is 56.5 Å². The van der Waals surface area contributed by atoms with Crippen molar-refractivity contribution in [2.75, 3.05) is 26.0 Å². The Morgan fingerprint density at radius 2 is 1.89 bits per heavy atom. The highest BCUT2D eigenvalue weighted by atomic mass is 32.2. The molecule has 3 rings (SSSR count). The van der Waals surface area contributed by atoms with Crippen LogP contribution in [0.5, 0.6) is 5.88 Å². The van der Waals surface area contributed by atoms with Gasteiger partial charge in [-0.2, -0.15) is 18.3 Å². The number of amides is 2. The number of likely N-dealkylation sites (N-methyl/N-ethyl adjacent to an activating group) is 1. The number of nitrogens with zero attached hydrogens (tertiary/aromatic N) is 4. The normalized spacial score (nSPS) is 16.4. The molecule has 0 saturated carbocycles. The fraction of sp³-hybridized carbons (Fsp3) is 0.571. The van der Waals surface area contributed by atoms with Crippen LogP contribution in [-0.4, -0.2) is 60.9 Å². The Kier molecular flexibility index (Phi) is 7.37. The number of ether oxygens (including phenoxy) is 1. The molecule has 1 aliphatic heterocycles. The van der Waals surface area contributed by atoms with Gasteiger partial charge in [-0.05, 0) is 37.6 Å². The first-order valence-corrected chi connectivity index (χ1v) is 12.4. The molecule has 0 aromatic carbocycles. The molecular formula is C21H29F3N6O4S. The van der Waals surface area contributed by atoms with Gasteiger partial charge in [-0.15, -0.1) is 0 Å². The third kappa shape index (κ3) is 5.69. The molecule has 0 aliphatic carbocycles. The summed E-state index contributed by atoms with van der Waals surface area (Å²) in [5, 5.41) is 6.46. The van der Waals surface area contributed by atoms with Crippen LogP contribution in [0.3, 0.4) is 0 Å². The van der Waals surface area contributed by atoms with Crippen molar-refractivity contribution in [2.45, 2.75) is 63.2 Å². The maximum atomic E-state index is 13.4. The van der Waals surface area contributed by atoms with Crippen molar-refractivity contribution in [1.29, 1.82) is 0 Å². The van der Waals surface area contributed by atoms with Crippen molar-refractivity contribution in [2.24, 2.45) is 0 Å². The minimum absolute atomic E-state index is 0.00274. The molecule has 0 bridgehead atoms. The summed E-state index contributed by atoms with van der Waals surface area (Å²) in [5.74, 6) is -0.892. The maximum Gasteiger partial charge on any atom is 0.433 e. The van der Waals surface area contributed by atoms with E-state index in [1.54, 1.807) is 27.7 Å².